The van der Waals surface area contributed by atoms with Crippen molar-refractivity contribution in [3.63, 3.8) is 0 Å². The number of nitro groups is 1. The van der Waals surface area contributed by atoms with E-state index in [0.29, 0.717) is 34.9 Å². The number of carbonyl (C=O) groups is 2. The number of nitrogens with zero attached hydrogens (tertiary/aromatic N) is 3. The molecule has 1 fully saturated rings. The van der Waals surface area contributed by atoms with Crippen LogP contribution in [0.3, 0.4) is 0 Å². The minimum atomic E-state index is -0.463. The standard InChI is InChI=1S/C28H22N4O5S/c33-26-18-38-28(31(26)17-19-4-2-1-3-5-19)22-8-6-21(7-9-22)27(34)30-29-16-24-14-15-25(37-24)20-10-12-23(13-11-20)32(35)36/h1-16,28H,17-18H2,(H,30,34)/b29-16-/t28-/m0/s1. The zero-order valence-corrected chi connectivity index (χ0v) is 20.8. The van der Waals surface area contributed by atoms with Gasteiger partial charge in [-0.2, -0.15) is 5.10 Å². The minimum Gasteiger partial charge on any atom is -0.455 e. The number of nitro benzene ring substituents is 1. The highest BCUT2D eigenvalue weighted by molar-refractivity contribution is 8.00. The van der Waals surface area contributed by atoms with Crippen LogP contribution in [-0.2, 0) is 11.3 Å². The van der Waals surface area contributed by atoms with Crippen LogP contribution in [0.1, 0.15) is 32.6 Å². The van der Waals surface area contributed by atoms with E-state index in [4.69, 9.17) is 4.42 Å². The number of carbonyl (C=O) groups excluding carboxylic acids is 2. The van der Waals surface area contributed by atoms with Gasteiger partial charge in [-0.3, -0.25) is 19.7 Å². The first kappa shape index (κ1) is 25.0. The van der Waals surface area contributed by atoms with E-state index in [0.717, 1.165) is 11.1 Å². The third-order valence-electron chi connectivity index (χ3n) is 5.97. The molecule has 0 bridgehead atoms. The largest absolute Gasteiger partial charge is 0.455 e. The lowest BCUT2D eigenvalue weighted by Crippen LogP contribution is -2.27. The summed E-state index contributed by atoms with van der Waals surface area (Å²) in [4.78, 5) is 37.2. The van der Waals surface area contributed by atoms with Crippen LogP contribution in [0.5, 0.6) is 0 Å². The SMILES string of the molecule is O=C(N/N=C\c1ccc(-c2ccc([N+](=O)[O-])cc2)o1)c1ccc([C@@H]2SCC(=O)N2Cc2ccccc2)cc1. The molecular formula is C28H22N4O5S. The summed E-state index contributed by atoms with van der Waals surface area (Å²) in [5.74, 6) is 1.07. The van der Waals surface area contributed by atoms with Gasteiger partial charge in [0, 0.05) is 29.8 Å². The van der Waals surface area contributed by atoms with Gasteiger partial charge in [0.05, 0.1) is 16.9 Å². The Hall–Kier alpha value is -4.70. The van der Waals surface area contributed by atoms with E-state index in [9.17, 15) is 19.7 Å². The van der Waals surface area contributed by atoms with Crippen LogP contribution in [0.2, 0.25) is 0 Å². The Morgan fingerprint density at radius 3 is 2.50 bits per heavy atom. The van der Waals surface area contributed by atoms with Crippen molar-refractivity contribution in [2.75, 3.05) is 5.75 Å². The fraction of sp³-hybridized carbons (Fsp3) is 0.107. The number of thioether (sulfide) groups is 1. The first-order valence-electron chi connectivity index (χ1n) is 11.7. The number of hydrogen-bond donors (Lipinski definition) is 1. The van der Waals surface area contributed by atoms with Gasteiger partial charge in [0.1, 0.15) is 16.9 Å². The zero-order chi connectivity index (χ0) is 26.5. The third kappa shape index (κ3) is 5.65. The lowest BCUT2D eigenvalue weighted by molar-refractivity contribution is -0.384. The van der Waals surface area contributed by atoms with Crippen LogP contribution in [-0.4, -0.2) is 33.6 Å². The molecule has 0 aliphatic carbocycles. The second-order valence-corrected chi connectivity index (χ2v) is 9.57. The van der Waals surface area contributed by atoms with Crippen LogP contribution in [0.25, 0.3) is 11.3 Å². The van der Waals surface area contributed by atoms with Gasteiger partial charge in [-0.1, -0.05) is 42.5 Å². The lowest BCUT2D eigenvalue weighted by atomic mass is 10.1. The molecule has 2 heterocycles. The molecule has 1 aliphatic rings. The zero-order valence-electron chi connectivity index (χ0n) is 20.0. The predicted molar refractivity (Wildman–Crippen MR) is 144 cm³/mol. The average Bonchev–Trinajstić information content (AvgIpc) is 3.56. The maximum Gasteiger partial charge on any atom is 0.271 e. The van der Waals surface area contributed by atoms with Crippen LogP contribution in [0.15, 0.2) is 101 Å². The molecule has 0 spiro atoms. The lowest BCUT2D eigenvalue weighted by Gasteiger charge is -2.24. The Bertz CT molecular complexity index is 1480. The third-order valence-corrected chi connectivity index (χ3v) is 7.23. The fourth-order valence-corrected chi connectivity index (χ4v) is 5.21. The monoisotopic (exact) mass is 526 g/mol. The van der Waals surface area contributed by atoms with Crippen LogP contribution < -0.4 is 5.43 Å². The number of rotatable bonds is 8. The predicted octanol–water partition coefficient (Wildman–Crippen LogP) is 5.39. The van der Waals surface area contributed by atoms with Gasteiger partial charge in [0.25, 0.3) is 11.6 Å². The van der Waals surface area contributed by atoms with Gasteiger partial charge in [-0.05, 0) is 47.5 Å². The molecule has 3 aromatic carbocycles. The average molecular weight is 527 g/mol. The van der Waals surface area contributed by atoms with Crippen molar-refractivity contribution in [3.8, 4) is 11.3 Å². The molecule has 38 heavy (non-hydrogen) atoms. The van der Waals surface area contributed by atoms with E-state index in [1.54, 1.807) is 48.2 Å². The molecule has 1 N–H and O–H groups in total. The van der Waals surface area contributed by atoms with Gasteiger partial charge in [0.15, 0.2) is 0 Å². The minimum absolute atomic E-state index is 0.00201. The number of amides is 2. The Morgan fingerprint density at radius 2 is 1.79 bits per heavy atom. The molecule has 1 aromatic heterocycles. The molecular weight excluding hydrogens is 504 g/mol. The Kier molecular flexibility index (Phi) is 7.32. The number of nitrogens with one attached hydrogen (secondary N) is 1. The van der Waals surface area contributed by atoms with E-state index in [2.05, 4.69) is 10.5 Å². The molecule has 0 radical (unpaired) electrons. The molecule has 2 amide bonds. The normalized spacial score (nSPS) is 15.2. The number of non-ortho nitro benzene ring substituents is 1. The summed E-state index contributed by atoms with van der Waals surface area (Å²) in [6.45, 7) is 0.535. The van der Waals surface area contributed by atoms with Crippen LogP contribution in [0, 0.1) is 10.1 Å². The topological polar surface area (TPSA) is 118 Å². The first-order valence-corrected chi connectivity index (χ1v) is 12.8. The van der Waals surface area contributed by atoms with Crippen molar-refractivity contribution in [1.82, 2.24) is 10.3 Å². The van der Waals surface area contributed by atoms with E-state index in [-0.39, 0.29) is 22.9 Å². The highest BCUT2D eigenvalue weighted by Gasteiger charge is 2.32. The van der Waals surface area contributed by atoms with Gasteiger partial charge < -0.3 is 9.32 Å². The van der Waals surface area contributed by atoms with E-state index in [1.165, 1.54) is 18.3 Å². The van der Waals surface area contributed by atoms with Gasteiger partial charge in [-0.25, -0.2) is 5.43 Å². The van der Waals surface area contributed by atoms with Gasteiger partial charge >= 0.3 is 0 Å². The van der Waals surface area contributed by atoms with E-state index < -0.39 is 4.92 Å². The number of hydrazone groups is 1. The van der Waals surface area contributed by atoms with Crippen molar-refractivity contribution >= 4 is 35.5 Å². The second-order valence-electron chi connectivity index (χ2n) is 8.50. The molecule has 0 saturated carbocycles. The summed E-state index contributed by atoms with van der Waals surface area (Å²) in [6, 6.07) is 26.4. The fourth-order valence-electron chi connectivity index (χ4n) is 4.02. The molecule has 4 aromatic rings. The second kappa shape index (κ2) is 11.1. The molecule has 1 aliphatic heterocycles. The molecule has 9 nitrogen and oxygen atoms in total. The van der Waals surface area contributed by atoms with E-state index >= 15 is 0 Å². The summed E-state index contributed by atoms with van der Waals surface area (Å²) >= 11 is 1.57. The smallest absolute Gasteiger partial charge is 0.271 e. The van der Waals surface area contributed by atoms with Crippen molar-refractivity contribution in [3.05, 3.63) is 124 Å². The number of hydrogen-bond acceptors (Lipinski definition) is 7. The van der Waals surface area contributed by atoms with E-state index in [1.807, 2.05) is 47.4 Å². The molecule has 10 heteroatoms. The first-order chi connectivity index (χ1) is 18.5. The van der Waals surface area contributed by atoms with Crippen molar-refractivity contribution in [2.45, 2.75) is 11.9 Å². The molecule has 1 saturated heterocycles. The molecule has 5 rings (SSSR count). The van der Waals surface area contributed by atoms with Crippen molar-refractivity contribution < 1.29 is 18.9 Å². The highest BCUT2D eigenvalue weighted by atomic mass is 32.2. The summed E-state index contributed by atoms with van der Waals surface area (Å²) in [5.41, 5.74) is 5.61. The van der Waals surface area contributed by atoms with Crippen molar-refractivity contribution in [1.29, 1.82) is 0 Å². The summed E-state index contributed by atoms with van der Waals surface area (Å²) < 4.78 is 5.69. The van der Waals surface area contributed by atoms with Crippen molar-refractivity contribution in [2.24, 2.45) is 5.10 Å². The van der Waals surface area contributed by atoms with Gasteiger partial charge in [0.2, 0.25) is 5.91 Å². The Labute approximate surface area is 222 Å². The molecule has 190 valence electrons. The quantitative estimate of drug-likeness (QED) is 0.187. The maximum atomic E-state index is 12.6. The highest BCUT2D eigenvalue weighted by Crippen LogP contribution is 2.39. The number of furan rings is 1. The summed E-state index contributed by atoms with van der Waals surface area (Å²) in [6.07, 6.45) is 1.38. The Morgan fingerprint density at radius 1 is 1.05 bits per heavy atom. The Balaban J connectivity index is 1.19. The van der Waals surface area contributed by atoms with Gasteiger partial charge in [-0.15, -0.1) is 11.8 Å². The molecule has 0 unspecified atom stereocenters. The van der Waals surface area contributed by atoms with Crippen LogP contribution >= 0.6 is 11.8 Å². The summed E-state index contributed by atoms with van der Waals surface area (Å²) in [7, 11) is 0. The van der Waals surface area contributed by atoms with Crippen LogP contribution in [0.4, 0.5) is 5.69 Å². The molecule has 1 atom stereocenters. The maximum absolute atomic E-state index is 12.6. The number of benzene rings is 3. The summed E-state index contributed by atoms with van der Waals surface area (Å²) in [5, 5.41) is 14.7.